The van der Waals surface area contributed by atoms with Crippen molar-refractivity contribution in [3.05, 3.63) is 28.7 Å². The largest absolute Gasteiger partial charge is 0.382 e. The van der Waals surface area contributed by atoms with Gasteiger partial charge in [-0.25, -0.2) is 9.97 Å². The monoisotopic (exact) mass is 252 g/mol. The van der Waals surface area contributed by atoms with Crippen molar-refractivity contribution >= 4 is 29.3 Å². The minimum atomic E-state index is -0.434. The van der Waals surface area contributed by atoms with E-state index in [2.05, 4.69) is 25.5 Å². The van der Waals surface area contributed by atoms with E-state index in [-0.39, 0.29) is 22.6 Å². The molecule has 7 nitrogen and oxygen atoms in total. The number of rotatable bonds is 2. The highest BCUT2D eigenvalue weighted by Gasteiger charge is 2.11. The second-order valence-corrected chi connectivity index (χ2v) is 3.70. The van der Waals surface area contributed by atoms with Gasteiger partial charge in [0, 0.05) is 11.8 Å². The molecule has 0 aliphatic rings. The van der Waals surface area contributed by atoms with Gasteiger partial charge in [0.1, 0.15) is 16.7 Å². The number of halogens is 1. The van der Waals surface area contributed by atoms with E-state index >= 15 is 0 Å². The van der Waals surface area contributed by atoms with Crippen LogP contribution in [0.15, 0.2) is 12.1 Å². The summed E-state index contributed by atoms with van der Waals surface area (Å²) in [5.74, 6) is -0.0672. The molecule has 0 aliphatic heterocycles. The molecule has 0 aromatic carbocycles. The Labute approximate surface area is 101 Å². The molecule has 0 bridgehead atoms. The summed E-state index contributed by atoms with van der Waals surface area (Å²) in [7, 11) is 0. The molecule has 0 saturated carbocycles. The molecule has 2 rings (SSSR count). The zero-order valence-corrected chi connectivity index (χ0v) is 9.62. The minimum Gasteiger partial charge on any atom is -0.382 e. The number of nitrogens with two attached hydrogens (primary N) is 1. The maximum absolute atomic E-state index is 11.7. The molecule has 88 valence electrons. The first-order chi connectivity index (χ1) is 8.04. The molecule has 0 aliphatic carbocycles. The highest BCUT2D eigenvalue weighted by Crippen LogP contribution is 2.10. The van der Waals surface area contributed by atoms with E-state index in [9.17, 15) is 4.79 Å². The van der Waals surface area contributed by atoms with Crippen LogP contribution in [0.3, 0.4) is 0 Å². The molecule has 0 fully saturated rings. The molecule has 2 aromatic heterocycles. The zero-order valence-electron chi connectivity index (χ0n) is 8.86. The van der Waals surface area contributed by atoms with E-state index in [0.717, 1.165) is 0 Å². The van der Waals surface area contributed by atoms with Crippen molar-refractivity contribution in [1.29, 1.82) is 0 Å². The van der Waals surface area contributed by atoms with Crippen molar-refractivity contribution in [1.82, 2.24) is 20.2 Å². The average Bonchev–Trinajstić information content (AvgIpc) is 2.63. The number of amides is 1. The Morgan fingerprint density at radius 2 is 2.24 bits per heavy atom. The van der Waals surface area contributed by atoms with E-state index in [4.69, 9.17) is 17.3 Å². The summed E-state index contributed by atoms with van der Waals surface area (Å²) in [4.78, 5) is 19.6. The second-order valence-electron chi connectivity index (χ2n) is 3.32. The number of carbonyl (C=O) groups is 1. The number of nitrogen functional groups attached to an aromatic ring is 1. The van der Waals surface area contributed by atoms with Crippen molar-refractivity contribution in [3.8, 4) is 0 Å². The van der Waals surface area contributed by atoms with Crippen LogP contribution in [-0.4, -0.2) is 26.1 Å². The highest BCUT2D eigenvalue weighted by atomic mass is 35.5. The van der Waals surface area contributed by atoms with Gasteiger partial charge in [0.2, 0.25) is 5.95 Å². The fourth-order valence-electron chi connectivity index (χ4n) is 1.21. The van der Waals surface area contributed by atoms with Crippen LogP contribution in [0.1, 0.15) is 16.2 Å². The number of nitrogens with zero attached hydrogens (tertiary/aromatic N) is 3. The third-order valence-electron chi connectivity index (χ3n) is 1.89. The van der Waals surface area contributed by atoms with Gasteiger partial charge in [-0.15, -0.1) is 0 Å². The van der Waals surface area contributed by atoms with Gasteiger partial charge < -0.3 is 5.73 Å². The van der Waals surface area contributed by atoms with Gasteiger partial charge in [0.05, 0.1) is 0 Å². The molecule has 8 heteroatoms. The lowest BCUT2D eigenvalue weighted by molar-refractivity contribution is 0.102. The van der Waals surface area contributed by atoms with E-state index < -0.39 is 5.91 Å². The van der Waals surface area contributed by atoms with Gasteiger partial charge in [0.15, 0.2) is 0 Å². The number of aromatic nitrogens is 4. The third kappa shape index (κ3) is 2.70. The Balaban J connectivity index is 2.18. The predicted molar refractivity (Wildman–Crippen MR) is 62.7 cm³/mol. The quantitative estimate of drug-likeness (QED) is 0.691. The number of H-pyrrole nitrogens is 1. The first kappa shape index (κ1) is 11.3. The summed E-state index contributed by atoms with van der Waals surface area (Å²) in [5, 5.41) is 8.86. The lowest BCUT2D eigenvalue weighted by Crippen LogP contribution is -2.15. The SMILES string of the molecule is Cc1cc(Cl)nc(NC(=O)c2cc(N)n[nH]2)n1. The molecule has 1 amide bonds. The van der Waals surface area contributed by atoms with Gasteiger partial charge >= 0.3 is 0 Å². The first-order valence-electron chi connectivity index (χ1n) is 4.68. The zero-order chi connectivity index (χ0) is 12.4. The van der Waals surface area contributed by atoms with Gasteiger partial charge in [-0.2, -0.15) is 5.10 Å². The maximum Gasteiger partial charge on any atom is 0.276 e. The van der Waals surface area contributed by atoms with E-state index in [0.29, 0.717) is 5.69 Å². The van der Waals surface area contributed by atoms with E-state index in [1.54, 1.807) is 13.0 Å². The fourth-order valence-corrected chi connectivity index (χ4v) is 1.45. The molecule has 0 spiro atoms. The summed E-state index contributed by atoms with van der Waals surface area (Å²) < 4.78 is 0. The molecule has 17 heavy (non-hydrogen) atoms. The second kappa shape index (κ2) is 4.38. The summed E-state index contributed by atoms with van der Waals surface area (Å²) in [6.45, 7) is 1.75. The molecule has 0 radical (unpaired) electrons. The number of hydrogen-bond donors (Lipinski definition) is 3. The first-order valence-corrected chi connectivity index (χ1v) is 5.06. The van der Waals surface area contributed by atoms with Gasteiger partial charge in [0.25, 0.3) is 5.91 Å². The van der Waals surface area contributed by atoms with Crippen molar-refractivity contribution in [2.24, 2.45) is 0 Å². The average molecular weight is 253 g/mol. The molecule has 4 N–H and O–H groups in total. The highest BCUT2D eigenvalue weighted by molar-refractivity contribution is 6.29. The smallest absolute Gasteiger partial charge is 0.276 e. The number of carbonyl (C=O) groups excluding carboxylic acids is 1. The molecule has 0 unspecified atom stereocenters. The molecule has 0 atom stereocenters. The van der Waals surface area contributed by atoms with Gasteiger partial charge in [-0.3, -0.25) is 15.2 Å². The summed E-state index contributed by atoms with van der Waals surface area (Å²) in [6, 6.07) is 3.00. The Morgan fingerprint density at radius 3 is 2.82 bits per heavy atom. The number of anilines is 2. The fraction of sp³-hybridized carbons (Fsp3) is 0.111. The number of nitrogens with one attached hydrogen (secondary N) is 2. The molecule has 2 aromatic rings. The number of aromatic amines is 1. The van der Waals surface area contributed by atoms with Crippen LogP contribution in [-0.2, 0) is 0 Å². The van der Waals surface area contributed by atoms with E-state index in [1.165, 1.54) is 6.07 Å². The van der Waals surface area contributed by atoms with Crippen LogP contribution in [0.2, 0.25) is 5.15 Å². The third-order valence-corrected chi connectivity index (χ3v) is 2.08. The van der Waals surface area contributed by atoms with Crippen LogP contribution in [0.4, 0.5) is 11.8 Å². The Morgan fingerprint density at radius 1 is 1.47 bits per heavy atom. The molecule has 2 heterocycles. The van der Waals surface area contributed by atoms with Crippen LogP contribution in [0.25, 0.3) is 0 Å². The van der Waals surface area contributed by atoms with Crippen LogP contribution >= 0.6 is 11.6 Å². The maximum atomic E-state index is 11.7. The Bertz CT molecular complexity index is 546. The van der Waals surface area contributed by atoms with Crippen molar-refractivity contribution in [3.63, 3.8) is 0 Å². The van der Waals surface area contributed by atoms with Crippen LogP contribution < -0.4 is 11.1 Å². The Hall–Kier alpha value is -2.15. The van der Waals surface area contributed by atoms with Crippen molar-refractivity contribution in [2.45, 2.75) is 6.92 Å². The van der Waals surface area contributed by atoms with Crippen molar-refractivity contribution < 1.29 is 4.79 Å². The van der Waals surface area contributed by atoms with Crippen LogP contribution in [0.5, 0.6) is 0 Å². The lowest BCUT2D eigenvalue weighted by Gasteiger charge is -2.02. The molecular formula is C9H9ClN6O. The number of aryl methyl sites for hydroxylation is 1. The lowest BCUT2D eigenvalue weighted by atomic mass is 10.4. The molecule has 0 saturated heterocycles. The predicted octanol–water partition coefficient (Wildman–Crippen LogP) is 0.996. The summed E-state index contributed by atoms with van der Waals surface area (Å²) in [5.41, 5.74) is 6.27. The van der Waals surface area contributed by atoms with E-state index in [1.807, 2.05) is 0 Å². The van der Waals surface area contributed by atoms with Gasteiger partial charge in [-0.1, -0.05) is 11.6 Å². The normalized spacial score (nSPS) is 10.2. The minimum absolute atomic E-state index is 0.133. The van der Waals surface area contributed by atoms with Gasteiger partial charge in [-0.05, 0) is 13.0 Å². The standard InChI is InChI=1S/C9H9ClN6O/c1-4-2-6(10)13-9(12-4)14-8(17)5-3-7(11)16-15-5/h2-3H,1H3,(H3,11,15,16)(H,12,13,14,17). The Kier molecular flexibility index (Phi) is 2.92. The number of hydrogen-bond acceptors (Lipinski definition) is 5. The summed E-state index contributed by atoms with van der Waals surface area (Å²) >= 11 is 5.74. The van der Waals surface area contributed by atoms with Crippen LogP contribution in [0, 0.1) is 6.92 Å². The summed E-state index contributed by atoms with van der Waals surface area (Å²) in [6.07, 6.45) is 0. The topological polar surface area (TPSA) is 110 Å². The molecular weight excluding hydrogens is 244 g/mol. The van der Waals surface area contributed by atoms with Crippen molar-refractivity contribution in [2.75, 3.05) is 11.1 Å².